The van der Waals surface area contributed by atoms with Crippen LogP contribution in [0.3, 0.4) is 0 Å². The highest BCUT2D eigenvalue weighted by Gasteiger charge is 2.26. The van der Waals surface area contributed by atoms with Crippen molar-refractivity contribution in [2.75, 3.05) is 11.9 Å². The van der Waals surface area contributed by atoms with Gasteiger partial charge in [0, 0.05) is 15.3 Å². The molecule has 0 fully saturated rings. The van der Waals surface area contributed by atoms with Gasteiger partial charge in [0.2, 0.25) is 0 Å². The molecule has 0 atom stereocenters. The van der Waals surface area contributed by atoms with E-state index in [4.69, 9.17) is 16.7 Å². The lowest BCUT2D eigenvalue weighted by atomic mass is 10.0. The van der Waals surface area contributed by atoms with Gasteiger partial charge in [-0.2, -0.15) is 0 Å². The summed E-state index contributed by atoms with van der Waals surface area (Å²) < 4.78 is 71.0. The molecule has 7 heteroatoms. The van der Waals surface area contributed by atoms with E-state index in [1.807, 2.05) is 0 Å². The lowest BCUT2D eigenvalue weighted by Gasteiger charge is -2.12. The Bertz CT molecular complexity index is 1120. The van der Waals surface area contributed by atoms with Crippen molar-refractivity contribution in [1.29, 1.82) is 0 Å². The maximum atomic E-state index is 14.7. The second-order valence-electron chi connectivity index (χ2n) is 6.12. The van der Waals surface area contributed by atoms with Crippen LogP contribution < -0.4 is 10.1 Å². The van der Waals surface area contributed by atoms with Gasteiger partial charge in [-0.05, 0) is 61.5 Å². The first-order valence-electron chi connectivity index (χ1n) is 10.9. The van der Waals surface area contributed by atoms with Gasteiger partial charge in [-0.15, -0.1) is 0 Å². The Kier molecular flexibility index (Phi) is 4.07. The van der Waals surface area contributed by atoms with E-state index in [0.717, 1.165) is 12.1 Å². The smallest absolute Gasteiger partial charge is 0.332 e. The lowest BCUT2D eigenvalue weighted by Crippen LogP contribution is -2.18. The molecule has 5 nitrogen and oxygen atoms in total. The predicted molar refractivity (Wildman–Crippen MR) is 100 cm³/mol. The second-order valence-corrected chi connectivity index (χ2v) is 6.12. The maximum Gasteiger partial charge on any atom is 0.332 e. The standard InChI is InChI=1S/C21H19F2NO4/c1-2-28-14-6-3-5-12(9-14)13-10-17(22)19(18(23)11-13)24-20(25)15-7-4-8-16(15)21(26)27/h3,5-6,9-11H,2,4,7-8H2,1H3,(H,24,25)(H,26,27)/i1D3,2D2. The number of carbonyl (C=O) groups is 2. The van der Waals surface area contributed by atoms with Crippen molar-refractivity contribution in [2.45, 2.75) is 26.1 Å². The van der Waals surface area contributed by atoms with E-state index in [1.54, 1.807) is 0 Å². The molecule has 0 unspecified atom stereocenters. The van der Waals surface area contributed by atoms with Crippen LogP contribution in [-0.2, 0) is 9.59 Å². The number of nitrogens with one attached hydrogen (secondary N) is 1. The van der Waals surface area contributed by atoms with Crippen molar-refractivity contribution in [3.8, 4) is 16.9 Å². The molecule has 0 bridgehead atoms. The number of rotatable bonds is 6. The summed E-state index contributed by atoms with van der Waals surface area (Å²) >= 11 is 0. The molecule has 0 aromatic heterocycles. The number of aliphatic carboxylic acids is 1. The first-order chi connectivity index (χ1) is 15.3. The fraction of sp³-hybridized carbons (Fsp3) is 0.238. The number of carboxylic acids is 1. The zero-order valence-corrected chi connectivity index (χ0v) is 14.5. The topological polar surface area (TPSA) is 75.6 Å². The van der Waals surface area contributed by atoms with Gasteiger partial charge >= 0.3 is 5.97 Å². The van der Waals surface area contributed by atoms with Crippen molar-refractivity contribution < 1.29 is 35.1 Å². The number of carboxylic acid groups (broad SMARTS) is 1. The van der Waals surface area contributed by atoms with E-state index in [1.165, 1.54) is 24.3 Å². The van der Waals surface area contributed by atoms with E-state index in [2.05, 4.69) is 5.32 Å². The molecule has 0 spiro atoms. The average molecular weight is 392 g/mol. The van der Waals surface area contributed by atoms with E-state index in [0.29, 0.717) is 6.42 Å². The quantitative estimate of drug-likeness (QED) is 0.757. The van der Waals surface area contributed by atoms with Gasteiger partial charge in [-0.3, -0.25) is 4.79 Å². The monoisotopic (exact) mass is 392 g/mol. The third kappa shape index (κ3) is 4.03. The van der Waals surface area contributed by atoms with Crippen molar-refractivity contribution in [3.05, 3.63) is 59.2 Å². The van der Waals surface area contributed by atoms with Crippen molar-refractivity contribution in [2.24, 2.45) is 0 Å². The van der Waals surface area contributed by atoms with Crippen LogP contribution in [0.15, 0.2) is 47.5 Å². The van der Waals surface area contributed by atoms with E-state index in [-0.39, 0.29) is 40.9 Å². The molecular weight excluding hydrogens is 368 g/mol. The van der Waals surface area contributed by atoms with Crippen molar-refractivity contribution in [1.82, 2.24) is 0 Å². The van der Waals surface area contributed by atoms with Crippen LogP contribution in [-0.4, -0.2) is 23.5 Å². The van der Waals surface area contributed by atoms with Gasteiger partial charge in [0.15, 0.2) is 0 Å². The number of amides is 1. The molecule has 0 aliphatic heterocycles. The number of hydrogen-bond donors (Lipinski definition) is 2. The van der Waals surface area contributed by atoms with Crippen molar-refractivity contribution >= 4 is 17.6 Å². The van der Waals surface area contributed by atoms with E-state index >= 15 is 0 Å². The minimum atomic E-state index is -3.06. The van der Waals surface area contributed by atoms with Gasteiger partial charge in [0.1, 0.15) is 23.1 Å². The maximum absolute atomic E-state index is 14.7. The number of anilines is 1. The van der Waals surface area contributed by atoms with Gasteiger partial charge < -0.3 is 15.2 Å². The van der Waals surface area contributed by atoms with Crippen LogP contribution in [0.25, 0.3) is 11.1 Å². The SMILES string of the molecule is [2H]C([2H])([2H])C([2H])([2H])Oc1cccc(-c2cc(F)c(NC(=O)C3=C(C(=O)O)CCC3)c(F)c2)c1. The van der Waals surface area contributed by atoms with Crippen LogP contribution in [0.4, 0.5) is 14.5 Å². The van der Waals surface area contributed by atoms with E-state index in [9.17, 15) is 18.4 Å². The Balaban J connectivity index is 1.87. The zero-order chi connectivity index (χ0) is 24.6. The van der Waals surface area contributed by atoms with Crippen LogP contribution in [0.5, 0.6) is 5.75 Å². The Hall–Kier alpha value is -3.22. The second kappa shape index (κ2) is 8.21. The highest BCUT2D eigenvalue weighted by Crippen LogP contribution is 2.31. The molecular formula is C21H19F2NO4. The van der Waals surface area contributed by atoms with Crippen molar-refractivity contribution in [3.63, 3.8) is 0 Å². The number of hydrogen-bond acceptors (Lipinski definition) is 3. The molecule has 1 aliphatic carbocycles. The molecule has 28 heavy (non-hydrogen) atoms. The fourth-order valence-corrected chi connectivity index (χ4v) is 3.08. The summed E-state index contributed by atoms with van der Waals surface area (Å²) in [5.41, 5.74) is -0.623. The first kappa shape index (κ1) is 13.9. The van der Waals surface area contributed by atoms with Gasteiger partial charge in [0.25, 0.3) is 5.91 Å². The van der Waals surface area contributed by atoms with Crippen LogP contribution >= 0.6 is 0 Å². The molecule has 0 heterocycles. The molecule has 0 saturated heterocycles. The minimum absolute atomic E-state index is 0.0224. The molecule has 0 saturated carbocycles. The Morgan fingerprint density at radius 1 is 1.18 bits per heavy atom. The normalized spacial score (nSPS) is 17.1. The Morgan fingerprint density at radius 3 is 2.57 bits per heavy atom. The summed E-state index contributed by atoms with van der Waals surface area (Å²) in [5, 5.41) is 11.3. The van der Waals surface area contributed by atoms with Gasteiger partial charge in [-0.1, -0.05) is 12.1 Å². The molecule has 2 aromatic carbocycles. The largest absolute Gasteiger partial charge is 0.494 e. The first-order valence-corrected chi connectivity index (χ1v) is 8.35. The molecule has 0 radical (unpaired) electrons. The third-order valence-electron chi connectivity index (χ3n) is 4.37. The number of benzene rings is 2. The number of carbonyl (C=O) groups excluding carboxylic acids is 1. The predicted octanol–water partition coefficient (Wildman–Crippen LogP) is 4.53. The zero-order valence-electron chi connectivity index (χ0n) is 19.5. The van der Waals surface area contributed by atoms with Crippen LogP contribution in [0.2, 0.25) is 0 Å². The highest BCUT2D eigenvalue weighted by atomic mass is 19.1. The highest BCUT2D eigenvalue weighted by molar-refractivity contribution is 6.09. The summed E-state index contributed by atoms with van der Waals surface area (Å²) in [5.74, 6) is -4.53. The van der Waals surface area contributed by atoms with Crippen LogP contribution in [0, 0.1) is 11.6 Å². The number of ether oxygens (including phenoxy) is 1. The molecule has 1 aliphatic rings. The molecule has 3 rings (SSSR count). The van der Waals surface area contributed by atoms with Crippen LogP contribution in [0.1, 0.15) is 33.0 Å². The minimum Gasteiger partial charge on any atom is -0.494 e. The molecule has 2 N–H and O–H groups in total. The van der Waals surface area contributed by atoms with E-state index < -0.39 is 42.6 Å². The number of halogens is 2. The Labute approximate surface area is 167 Å². The summed E-state index contributed by atoms with van der Waals surface area (Å²) in [6.07, 6.45) is 0.831. The summed E-state index contributed by atoms with van der Waals surface area (Å²) in [4.78, 5) is 23.6. The molecule has 2 aromatic rings. The third-order valence-corrected chi connectivity index (χ3v) is 4.37. The fourth-order valence-electron chi connectivity index (χ4n) is 3.08. The summed E-state index contributed by atoms with van der Waals surface area (Å²) in [6.45, 7) is -6.05. The van der Waals surface area contributed by atoms with Gasteiger partial charge in [0.05, 0.1) is 9.30 Å². The summed E-state index contributed by atoms with van der Waals surface area (Å²) in [7, 11) is 0. The molecule has 146 valence electrons. The lowest BCUT2D eigenvalue weighted by molar-refractivity contribution is -0.133. The average Bonchev–Trinajstić information content (AvgIpc) is 3.20. The molecule has 1 amide bonds. The Morgan fingerprint density at radius 2 is 1.89 bits per heavy atom. The van der Waals surface area contributed by atoms with Gasteiger partial charge in [-0.25, -0.2) is 13.6 Å². The summed E-state index contributed by atoms with van der Waals surface area (Å²) in [6, 6.07) is 7.22.